The second-order valence-electron chi connectivity index (χ2n) is 7.16. The Bertz CT molecular complexity index is 1100. The largest absolute Gasteiger partial charge is 0.323 e. The van der Waals surface area contributed by atoms with E-state index in [0.29, 0.717) is 27.8 Å². The molecule has 1 aliphatic rings. The second-order valence-corrected chi connectivity index (χ2v) is 9.72. The molecule has 1 fully saturated rings. The molecule has 0 bridgehead atoms. The average molecular weight is 468 g/mol. The maximum Gasteiger partial charge on any atom is 0.323 e. The fourth-order valence-corrected chi connectivity index (χ4v) is 4.55. The Kier molecular flexibility index (Phi) is 6.12. The van der Waals surface area contributed by atoms with Gasteiger partial charge < -0.3 is 10.6 Å². The Labute approximate surface area is 184 Å². The fourth-order valence-electron chi connectivity index (χ4n) is 2.94. The summed E-state index contributed by atoms with van der Waals surface area (Å²) < 4.78 is 27.0. The van der Waals surface area contributed by atoms with Gasteiger partial charge in [0.15, 0.2) is 0 Å². The Balaban J connectivity index is 1.63. The van der Waals surface area contributed by atoms with Crippen molar-refractivity contribution >= 4 is 56.5 Å². The molecule has 0 aliphatic heterocycles. The van der Waals surface area contributed by atoms with E-state index in [9.17, 15) is 18.0 Å². The van der Waals surface area contributed by atoms with Gasteiger partial charge in [0.25, 0.3) is 10.0 Å². The molecule has 2 atom stereocenters. The van der Waals surface area contributed by atoms with Crippen molar-refractivity contribution in [2.24, 2.45) is 11.3 Å². The first-order chi connectivity index (χ1) is 14.0. The normalized spacial score (nSPS) is 20.2. The van der Waals surface area contributed by atoms with Crippen LogP contribution in [0.4, 0.5) is 16.2 Å². The van der Waals surface area contributed by atoms with Gasteiger partial charge in [-0.05, 0) is 54.8 Å². The zero-order valence-corrected chi connectivity index (χ0v) is 18.2. The van der Waals surface area contributed by atoms with Gasteiger partial charge in [0.05, 0.1) is 10.3 Å². The molecular weight excluding hydrogens is 449 g/mol. The minimum Gasteiger partial charge on any atom is -0.308 e. The Morgan fingerprint density at radius 2 is 1.63 bits per heavy atom. The van der Waals surface area contributed by atoms with Crippen molar-refractivity contribution in [1.29, 1.82) is 0 Å². The highest BCUT2D eigenvalue weighted by Crippen LogP contribution is 2.53. The van der Waals surface area contributed by atoms with Crippen LogP contribution in [0, 0.1) is 11.3 Å². The summed E-state index contributed by atoms with van der Waals surface area (Å²) in [5.74, 6) is -0.596. The summed E-state index contributed by atoms with van der Waals surface area (Å²) in [5.41, 5.74) is 0.00237. The number of allylic oxidation sites excluding steroid dienone is 1. The summed E-state index contributed by atoms with van der Waals surface area (Å²) in [5, 5.41) is 5.88. The predicted molar refractivity (Wildman–Crippen MR) is 117 cm³/mol. The van der Waals surface area contributed by atoms with Gasteiger partial charge in [-0.25, -0.2) is 17.9 Å². The van der Waals surface area contributed by atoms with Crippen LogP contribution >= 0.6 is 23.2 Å². The lowest BCUT2D eigenvalue weighted by molar-refractivity contribution is -0.124. The van der Waals surface area contributed by atoms with Crippen molar-refractivity contribution in [2.75, 3.05) is 10.6 Å². The van der Waals surface area contributed by atoms with Crippen LogP contribution in [-0.4, -0.2) is 20.4 Å². The highest BCUT2D eigenvalue weighted by atomic mass is 35.5. The van der Waals surface area contributed by atoms with Crippen molar-refractivity contribution in [3.8, 4) is 0 Å². The SMILES string of the molecule is C=C[C@@H]1C[C@]1(C)C(=O)NS(=O)(=O)c1ccc(NC(=O)Nc2cc(Cl)cc(Cl)c2)cc1. The molecule has 1 saturated carbocycles. The van der Waals surface area contributed by atoms with Crippen LogP contribution in [0.1, 0.15) is 13.3 Å². The summed E-state index contributed by atoms with van der Waals surface area (Å²) in [6, 6.07) is 9.44. The van der Waals surface area contributed by atoms with E-state index in [2.05, 4.69) is 21.9 Å². The van der Waals surface area contributed by atoms with Crippen LogP contribution in [0.2, 0.25) is 10.0 Å². The molecule has 3 rings (SSSR count). The van der Waals surface area contributed by atoms with Gasteiger partial charge >= 0.3 is 6.03 Å². The number of benzene rings is 2. The zero-order chi connectivity index (χ0) is 22.1. The monoisotopic (exact) mass is 467 g/mol. The molecule has 2 aromatic carbocycles. The first-order valence-corrected chi connectivity index (χ1v) is 11.1. The molecule has 3 amide bonds. The van der Waals surface area contributed by atoms with E-state index in [4.69, 9.17) is 23.2 Å². The first kappa shape index (κ1) is 22.1. The van der Waals surface area contributed by atoms with E-state index in [1.807, 2.05) is 0 Å². The zero-order valence-electron chi connectivity index (χ0n) is 15.9. The number of rotatable bonds is 6. The maximum absolute atomic E-state index is 12.5. The summed E-state index contributed by atoms with van der Waals surface area (Å²) in [6.45, 7) is 5.34. The van der Waals surface area contributed by atoms with E-state index >= 15 is 0 Å². The maximum atomic E-state index is 12.5. The number of halogens is 2. The molecule has 0 saturated heterocycles. The Morgan fingerprint density at radius 3 is 2.17 bits per heavy atom. The first-order valence-electron chi connectivity index (χ1n) is 8.87. The second kappa shape index (κ2) is 8.29. The van der Waals surface area contributed by atoms with Crippen LogP contribution < -0.4 is 15.4 Å². The van der Waals surface area contributed by atoms with Gasteiger partial charge in [-0.15, -0.1) is 6.58 Å². The molecule has 3 N–H and O–H groups in total. The predicted octanol–water partition coefficient (Wildman–Crippen LogP) is 4.65. The number of nitrogens with one attached hydrogen (secondary N) is 3. The standard InChI is InChI=1S/C20H19Cl2N3O4S/c1-3-12-11-20(12,2)18(26)25-30(28,29)17-6-4-15(5-7-17)23-19(27)24-16-9-13(21)8-14(22)10-16/h3-10,12H,1,11H2,2H3,(H,25,26)(H2,23,24,27)/t12-,20+/m1/s1. The number of carbonyl (C=O) groups is 2. The molecule has 0 aromatic heterocycles. The third-order valence-electron chi connectivity index (χ3n) is 4.88. The quantitative estimate of drug-likeness (QED) is 0.537. The molecule has 7 nitrogen and oxygen atoms in total. The van der Waals surface area contributed by atoms with Gasteiger partial charge in [-0.2, -0.15) is 0 Å². The van der Waals surface area contributed by atoms with Crippen LogP contribution in [-0.2, 0) is 14.8 Å². The number of urea groups is 1. The lowest BCUT2D eigenvalue weighted by Gasteiger charge is -2.12. The van der Waals surface area contributed by atoms with Gasteiger partial charge in [-0.1, -0.05) is 36.2 Å². The van der Waals surface area contributed by atoms with Crippen molar-refractivity contribution in [2.45, 2.75) is 18.2 Å². The van der Waals surface area contributed by atoms with E-state index in [1.165, 1.54) is 42.5 Å². The number of hydrogen-bond donors (Lipinski definition) is 3. The summed E-state index contributed by atoms with van der Waals surface area (Å²) in [7, 11) is -4.03. The number of sulfonamides is 1. The van der Waals surface area contributed by atoms with Gasteiger partial charge in [0.1, 0.15) is 0 Å². The minimum absolute atomic E-state index is 0.0350. The third-order valence-corrected chi connectivity index (χ3v) is 6.66. The molecule has 2 aromatic rings. The number of hydrogen-bond acceptors (Lipinski definition) is 4. The summed E-state index contributed by atoms with van der Waals surface area (Å²) in [6.07, 6.45) is 2.21. The molecule has 1 aliphatic carbocycles. The van der Waals surface area contributed by atoms with E-state index in [0.717, 1.165) is 0 Å². The van der Waals surface area contributed by atoms with E-state index in [1.54, 1.807) is 13.0 Å². The van der Waals surface area contributed by atoms with E-state index < -0.39 is 27.4 Å². The number of carbonyl (C=O) groups excluding carboxylic acids is 2. The summed E-state index contributed by atoms with van der Waals surface area (Å²) in [4.78, 5) is 24.3. The molecular formula is C20H19Cl2N3O4S. The lowest BCUT2D eigenvalue weighted by atomic mass is 10.1. The minimum atomic E-state index is -4.03. The van der Waals surface area contributed by atoms with Crippen molar-refractivity contribution < 1.29 is 18.0 Å². The topological polar surface area (TPSA) is 104 Å². The lowest BCUT2D eigenvalue weighted by Crippen LogP contribution is -2.36. The summed E-state index contributed by atoms with van der Waals surface area (Å²) >= 11 is 11.8. The molecule has 0 unspecified atom stereocenters. The molecule has 30 heavy (non-hydrogen) atoms. The fraction of sp³-hybridized carbons (Fsp3) is 0.200. The molecule has 0 spiro atoms. The number of anilines is 2. The molecule has 0 heterocycles. The smallest absolute Gasteiger partial charge is 0.308 e. The van der Waals surface area contributed by atoms with Gasteiger partial charge in [0, 0.05) is 21.4 Å². The average Bonchev–Trinajstić information content (AvgIpc) is 3.33. The van der Waals surface area contributed by atoms with Gasteiger partial charge in [0.2, 0.25) is 5.91 Å². The highest BCUT2D eigenvalue weighted by molar-refractivity contribution is 7.90. The Hall–Kier alpha value is -2.55. The van der Waals surface area contributed by atoms with Crippen LogP contribution in [0.15, 0.2) is 60.0 Å². The van der Waals surface area contributed by atoms with Crippen LogP contribution in [0.3, 0.4) is 0 Å². The molecule has 158 valence electrons. The van der Waals surface area contributed by atoms with Crippen LogP contribution in [0.25, 0.3) is 0 Å². The van der Waals surface area contributed by atoms with Crippen molar-refractivity contribution in [1.82, 2.24) is 4.72 Å². The van der Waals surface area contributed by atoms with Crippen LogP contribution in [0.5, 0.6) is 0 Å². The van der Waals surface area contributed by atoms with E-state index in [-0.39, 0.29) is 10.8 Å². The Morgan fingerprint density at radius 1 is 1.07 bits per heavy atom. The van der Waals surface area contributed by atoms with Crippen molar-refractivity contribution in [3.63, 3.8) is 0 Å². The number of amides is 3. The highest BCUT2D eigenvalue weighted by Gasteiger charge is 2.55. The van der Waals surface area contributed by atoms with Gasteiger partial charge in [-0.3, -0.25) is 4.79 Å². The third kappa shape index (κ3) is 4.95. The van der Waals surface area contributed by atoms with Crippen molar-refractivity contribution in [3.05, 3.63) is 65.2 Å². The molecule has 0 radical (unpaired) electrons. The molecule has 10 heteroatoms.